The van der Waals surface area contributed by atoms with Crippen LogP contribution >= 0.6 is 11.8 Å². The van der Waals surface area contributed by atoms with Crippen LogP contribution in [0.4, 0.5) is 5.95 Å². The van der Waals surface area contributed by atoms with Crippen molar-refractivity contribution in [2.45, 2.75) is 30.7 Å². The minimum absolute atomic E-state index is 0.0791. The molecule has 0 aliphatic heterocycles. The average molecular weight is 375 g/mol. The maximum atomic E-state index is 11.2. The second-order valence-electron chi connectivity index (χ2n) is 5.32. The Balaban J connectivity index is 1.97. The molecule has 12 nitrogen and oxygen atoms in total. The van der Waals surface area contributed by atoms with E-state index in [2.05, 4.69) is 25.6 Å². The average Bonchev–Trinajstić information content (AvgIpc) is 3.18. The number of tetrazole rings is 1. The van der Waals surface area contributed by atoms with Crippen LogP contribution < -0.4 is 5.73 Å². The fourth-order valence-electron chi connectivity index (χ4n) is 2.06. The van der Waals surface area contributed by atoms with Crippen LogP contribution in [0, 0.1) is 24.0 Å². The van der Waals surface area contributed by atoms with Gasteiger partial charge in [-0.05, 0) is 57.4 Å². The van der Waals surface area contributed by atoms with Gasteiger partial charge >= 0.3 is 5.95 Å². The van der Waals surface area contributed by atoms with Crippen LogP contribution in [0.2, 0.25) is 0 Å². The molecular formula is C13H13N9O3S. The molecule has 134 valence electrons. The highest BCUT2D eigenvalue weighted by Gasteiger charge is 2.25. The number of carbonyl (C=O) groups is 1. The first-order chi connectivity index (χ1) is 12.3. The minimum Gasteiger partial charge on any atom is -0.390 e. The topological polar surface area (TPSA) is 161 Å². The van der Waals surface area contributed by atoms with Crippen molar-refractivity contribution in [1.29, 1.82) is 0 Å². The Morgan fingerprint density at radius 2 is 2.08 bits per heavy atom. The van der Waals surface area contributed by atoms with E-state index in [0.717, 1.165) is 33.3 Å². The number of rotatable bonds is 6. The van der Waals surface area contributed by atoms with Gasteiger partial charge in [-0.2, -0.15) is 9.36 Å². The van der Waals surface area contributed by atoms with E-state index < -0.39 is 16.8 Å². The molecule has 0 aliphatic rings. The molecule has 0 radical (unpaired) electrons. The van der Waals surface area contributed by atoms with E-state index in [1.54, 1.807) is 0 Å². The van der Waals surface area contributed by atoms with E-state index in [9.17, 15) is 14.9 Å². The van der Waals surface area contributed by atoms with Gasteiger partial charge in [-0.3, -0.25) is 4.79 Å². The Morgan fingerprint density at radius 1 is 1.31 bits per heavy atom. The summed E-state index contributed by atoms with van der Waals surface area (Å²) in [5.74, 6) is -1.35. The Morgan fingerprint density at radius 3 is 2.73 bits per heavy atom. The van der Waals surface area contributed by atoms with Crippen LogP contribution in [-0.4, -0.2) is 45.8 Å². The summed E-state index contributed by atoms with van der Waals surface area (Å²) in [6.45, 7) is 3.59. The van der Waals surface area contributed by atoms with Crippen LogP contribution in [0.5, 0.6) is 0 Å². The third-order valence-corrected chi connectivity index (χ3v) is 4.38. The zero-order valence-corrected chi connectivity index (χ0v) is 14.5. The number of nitrogens with two attached hydrogens (primary N) is 1. The molecule has 0 saturated heterocycles. The smallest absolute Gasteiger partial charge is 0.390 e. The number of primary amides is 1. The molecule has 26 heavy (non-hydrogen) atoms. The summed E-state index contributed by atoms with van der Waals surface area (Å²) < 4.78 is 2.51. The van der Waals surface area contributed by atoms with Gasteiger partial charge in [0.2, 0.25) is 11.1 Å². The third kappa shape index (κ3) is 3.51. The number of carbonyl (C=O) groups excluding carboxylic acids is 1. The van der Waals surface area contributed by atoms with Crippen molar-refractivity contribution >= 4 is 23.6 Å². The summed E-state index contributed by atoms with van der Waals surface area (Å²) in [6.07, 6.45) is 0. The fourth-order valence-corrected chi connectivity index (χ4v) is 2.87. The van der Waals surface area contributed by atoms with Gasteiger partial charge in [0.15, 0.2) is 0 Å². The normalized spacial score (nSPS) is 10.8. The number of hydrogen-bond acceptors (Lipinski definition) is 9. The van der Waals surface area contributed by atoms with Gasteiger partial charge in [-0.25, -0.2) is 0 Å². The number of nitrogens with zero attached hydrogens (tertiary/aromatic N) is 8. The molecule has 13 heteroatoms. The van der Waals surface area contributed by atoms with E-state index in [1.807, 2.05) is 32.0 Å². The zero-order chi connectivity index (χ0) is 18.8. The molecule has 0 saturated carbocycles. The van der Waals surface area contributed by atoms with E-state index in [0.29, 0.717) is 5.16 Å². The van der Waals surface area contributed by atoms with E-state index in [-0.39, 0.29) is 11.7 Å². The van der Waals surface area contributed by atoms with Crippen molar-refractivity contribution in [2.75, 3.05) is 0 Å². The second kappa shape index (κ2) is 6.87. The van der Waals surface area contributed by atoms with Gasteiger partial charge in [0, 0.05) is 16.9 Å². The van der Waals surface area contributed by atoms with Crippen LogP contribution in [0.3, 0.4) is 0 Å². The number of aryl methyl sites for hydroxylation is 2. The lowest BCUT2D eigenvalue weighted by molar-refractivity contribution is -0.394. The predicted molar refractivity (Wildman–Crippen MR) is 88.6 cm³/mol. The predicted octanol–water partition coefficient (Wildman–Crippen LogP) is 0.415. The van der Waals surface area contributed by atoms with Crippen molar-refractivity contribution in [3.8, 4) is 5.69 Å². The van der Waals surface area contributed by atoms with Crippen LogP contribution in [0.1, 0.15) is 11.1 Å². The maximum absolute atomic E-state index is 11.2. The van der Waals surface area contributed by atoms with Crippen molar-refractivity contribution in [2.24, 2.45) is 5.73 Å². The molecule has 0 atom stereocenters. The molecule has 0 fully saturated rings. The van der Waals surface area contributed by atoms with Gasteiger partial charge < -0.3 is 15.8 Å². The number of amides is 1. The van der Waals surface area contributed by atoms with Gasteiger partial charge in [-0.1, -0.05) is 6.07 Å². The quantitative estimate of drug-likeness (QED) is 0.475. The molecule has 1 aromatic carbocycles. The third-order valence-electron chi connectivity index (χ3n) is 3.45. The number of aromatic nitrogens is 7. The van der Waals surface area contributed by atoms with Gasteiger partial charge in [0.05, 0.1) is 5.69 Å². The molecule has 0 spiro atoms. The van der Waals surface area contributed by atoms with E-state index >= 15 is 0 Å². The van der Waals surface area contributed by atoms with Gasteiger partial charge in [0.25, 0.3) is 5.16 Å². The highest BCUT2D eigenvalue weighted by atomic mass is 32.2. The highest BCUT2D eigenvalue weighted by molar-refractivity contribution is 7.99. The van der Waals surface area contributed by atoms with Gasteiger partial charge in [0.1, 0.15) is 6.54 Å². The summed E-state index contributed by atoms with van der Waals surface area (Å²) in [6, 6.07) is 5.69. The number of benzene rings is 1. The molecule has 0 bridgehead atoms. The zero-order valence-electron chi connectivity index (χ0n) is 13.7. The summed E-state index contributed by atoms with van der Waals surface area (Å²) in [7, 11) is 0. The summed E-state index contributed by atoms with van der Waals surface area (Å²) in [5.41, 5.74) is 8.05. The van der Waals surface area contributed by atoms with Crippen molar-refractivity contribution in [1.82, 2.24) is 35.0 Å². The Hall–Kier alpha value is -3.35. The standard InChI is InChI=1S/C13H13N9O3S/c1-7-3-4-9(5-8(7)2)21-13(16-18-19-21)26-12-15-11(22(24)25)17-20(12)6-10(14)23/h3-5H,6H2,1-2H3,(H2,14,23). The van der Waals surface area contributed by atoms with Crippen LogP contribution in [0.15, 0.2) is 28.5 Å². The molecule has 3 aromatic rings. The first kappa shape index (κ1) is 17.5. The van der Waals surface area contributed by atoms with Crippen molar-refractivity contribution < 1.29 is 9.72 Å². The summed E-state index contributed by atoms with van der Waals surface area (Å²) in [5, 5.41) is 26.4. The molecule has 2 N–H and O–H groups in total. The molecular weight excluding hydrogens is 362 g/mol. The SMILES string of the molecule is Cc1ccc(-n2nnnc2Sc2nc([N+](=O)[O-])nn2CC(N)=O)cc1C. The molecule has 2 aromatic heterocycles. The minimum atomic E-state index is -0.756. The van der Waals surface area contributed by atoms with Crippen molar-refractivity contribution in [3.63, 3.8) is 0 Å². The summed E-state index contributed by atoms with van der Waals surface area (Å²) in [4.78, 5) is 25.1. The highest BCUT2D eigenvalue weighted by Crippen LogP contribution is 2.27. The first-order valence-electron chi connectivity index (χ1n) is 7.26. The van der Waals surface area contributed by atoms with E-state index in [1.165, 1.54) is 4.68 Å². The molecule has 2 heterocycles. The van der Waals surface area contributed by atoms with Crippen molar-refractivity contribution in [3.05, 3.63) is 39.4 Å². The molecule has 0 unspecified atom stereocenters. The largest absolute Gasteiger partial charge is 0.492 e. The molecule has 1 amide bonds. The lowest BCUT2D eigenvalue weighted by atomic mass is 10.1. The van der Waals surface area contributed by atoms with Gasteiger partial charge in [-0.15, -0.1) is 5.10 Å². The number of nitro groups is 1. The lowest BCUT2D eigenvalue weighted by Crippen LogP contribution is -2.20. The Labute approximate surface area is 150 Å². The second-order valence-corrected chi connectivity index (χ2v) is 6.25. The fraction of sp³-hybridized carbons (Fsp3) is 0.231. The van der Waals surface area contributed by atoms with E-state index in [4.69, 9.17) is 5.73 Å². The Kier molecular flexibility index (Phi) is 4.62. The lowest BCUT2D eigenvalue weighted by Gasteiger charge is -2.06. The summed E-state index contributed by atoms with van der Waals surface area (Å²) >= 11 is 0.937. The first-order valence-corrected chi connectivity index (χ1v) is 8.08. The van der Waals surface area contributed by atoms with Crippen LogP contribution in [0.25, 0.3) is 5.69 Å². The monoisotopic (exact) mass is 375 g/mol. The Bertz CT molecular complexity index is 997. The molecule has 3 rings (SSSR count). The molecule has 0 aliphatic carbocycles. The maximum Gasteiger partial charge on any atom is 0.492 e. The number of hydrogen-bond donors (Lipinski definition) is 1. The van der Waals surface area contributed by atoms with Crippen LogP contribution in [-0.2, 0) is 11.3 Å².